The summed E-state index contributed by atoms with van der Waals surface area (Å²) in [4.78, 5) is 0. The summed E-state index contributed by atoms with van der Waals surface area (Å²) in [6.07, 6.45) is 1.32. The Hall–Kier alpha value is -0.470. The number of benzene rings is 1. The lowest BCUT2D eigenvalue weighted by Crippen LogP contribution is -2.31. The molecular weight excluding hydrogens is 214 g/mol. The number of hydrogen-bond acceptors (Lipinski definition) is 2. The van der Waals surface area contributed by atoms with Gasteiger partial charge >= 0.3 is 0 Å². The molecular formula is C14H21NS. The van der Waals surface area contributed by atoms with E-state index in [4.69, 9.17) is 0 Å². The highest BCUT2D eigenvalue weighted by Crippen LogP contribution is 2.23. The molecule has 1 aromatic rings. The van der Waals surface area contributed by atoms with Crippen molar-refractivity contribution in [3.05, 3.63) is 34.9 Å². The summed E-state index contributed by atoms with van der Waals surface area (Å²) in [7, 11) is 0. The largest absolute Gasteiger partial charge is 0.307 e. The Bertz CT molecular complexity index is 356. The highest BCUT2D eigenvalue weighted by Gasteiger charge is 2.18. The van der Waals surface area contributed by atoms with Crippen molar-refractivity contribution >= 4 is 11.8 Å². The van der Waals surface area contributed by atoms with E-state index in [0.717, 1.165) is 0 Å². The topological polar surface area (TPSA) is 12.0 Å². The van der Waals surface area contributed by atoms with Gasteiger partial charge in [0.25, 0.3) is 0 Å². The van der Waals surface area contributed by atoms with E-state index in [9.17, 15) is 0 Å². The maximum atomic E-state index is 3.73. The molecule has 1 fully saturated rings. The van der Waals surface area contributed by atoms with Crippen molar-refractivity contribution in [1.29, 1.82) is 0 Å². The Morgan fingerprint density at radius 1 is 1.38 bits per heavy atom. The van der Waals surface area contributed by atoms with Crippen LogP contribution in [0.2, 0.25) is 0 Å². The van der Waals surface area contributed by atoms with Crippen molar-refractivity contribution in [3.8, 4) is 0 Å². The van der Waals surface area contributed by atoms with E-state index in [0.29, 0.717) is 12.1 Å². The quantitative estimate of drug-likeness (QED) is 0.861. The second-order valence-electron chi connectivity index (χ2n) is 4.81. The number of rotatable bonds is 3. The van der Waals surface area contributed by atoms with E-state index >= 15 is 0 Å². The lowest BCUT2D eigenvalue weighted by molar-refractivity contribution is 0.485. The lowest BCUT2D eigenvalue weighted by Gasteiger charge is -2.21. The van der Waals surface area contributed by atoms with Gasteiger partial charge in [-0.15, -0.1) is 0 Å². The van der Waals surface area contributed by atoms with Gasteiger partial charge in [0.05, 0.1) is 0 Å². The van der Waals surface area contributed by atoms with Gasteiger partial charge in [0, 0.05) is 17.8 Å². The molecule has 1 saturated heterocycles. The van der Waals surface area contributed by atoms with Crippen LogP contribution in [0.1, 0.15) is 36.1 Å². The first-order valence-electron chi connectivity index (χ1n) is 6.08. The fourth-order valence-corrected chi connectivity index (χ4v) is 3.59. The average molecular weight is 235 g/mol. The number of hydrogen-bond donors (Lipinski definition) is 1. The van der Waals surface area contributed by atoms with Gasteiger partial charge in [-0.05, 0) is 44.1 Å². The Balaban J connectivity index is 2.04. The maximum absolute atomic E-state index is 3.73. The summed E-state index contributed by atoms with van der Waals surface area (Å²) in [5.74, 6) is 2.59. The summed E-state index contributed by atoms with van der Waals surface area (Å²) < 4.78 is 0. The van der Waals surface area contributed by atoms with Crippen LogP contribution in [0, 0.1) is 13.8 Å². The zero-order valence-electron chi connectivity index (χ0n) is 10.4. The van der Waals surface area contributed by atoms with Gasteiger partial charge in [0.15, 0.2) is 0 Å². The fraction of sp³-hybridized carbons (Fsp3) is 0.571. The van der Waals surface area contributed by atoms with E-state index in [-0.39, 0.29) is 0 Å². The van der Waals surface area contributed by atoms with Gasteiger partial charge in [-0.3, -0.25) is 0 Å². The molecule has 1 aliphatic rings. The highest BCUT2D eigenvalue weighted by molar-refractivity contribution is 7.99. The molecule has 2 rings (SSSR count). The monoisotopic (exact) mass is 235 g/mol. The molecule has 0 saturated carbocycles. The first-order valence-corrected chi connectivity index (χ1v) is 7.23. The summed E-state index contributed by atoms with van der Waals surface area (Å²) in [5.41, 5.74) is 4.21. The zero-order valence-corrected chi connectivity index (χ0v) is 11.2. The van der Waals surface area contributed by atoms with Crippen LogP contribution in [0.5, 0.6) is 0 Å². The molecule has 88 valence electrons. The molecule has 2 unspecified atom stereocenters. The smallest absolute Gasteiger partial charge is 0.0297 e. The average Bonchev–Trinajstić information content (AvgIpc) is 2.70. The van der Waals surface area contributed by atoms with Crippen LogP contribution in [0.25, 0.3) is 0 Å². The molecule has 2 atom stereocenters. The molecule has 1 heterocycles. The number of aryl methyl sites for hydroxylation is 2. The summed E-state index contributed by atoms with van der Waals surface area (Å²) >= 11 is 2.06. The summed E-state index contributed by atoms with van der Waals surface area (Å²) in [6, 6.07) is 7.94. The second-order valence-corrected chi connectivity index (χ2v) is 5.96. The Labute approximate surface area is 103 Å². The third kappa shape index (κ3) is 2.80. The van der Waals surface area contributed by atoms with Crippen LogP contribution in [-0.4, -0.2) is 17.5 Å². The van der Waals surface area contributed by atoms with Crippen LogP contribution in [0.15, 0.2) is 18.2 Å². The molecule has 1 aliphatic heterocycles. The summed E-state index contributed by atoms with van der Waals surface area (Å²) in [5, 5.41) is 3.73. The molecule has 1 N–H and O–H groups in total. The van der Waals surface area contributed by atoms with Gasteiger partial charge in [-0.25, -0.2) is 0 Å². The molecule has 0 aromatic heterocycles. The van der Waals surface area contributed by atoms with Gasteiger partial charge < -0.3 is 5.32 Å². The summed E-state index contributed by atoms with van der Waals surface area (Å²) in [6.45, 7) is 6.65. The van der Waals surface area contributed by atoms with Crippen molar-refractivity contribution in [2.75, 3.05) is 11.5 Å². The lowest BCUT2D eigenvalue weighted by atomic mass is 9.99. The third-order valence-corrected chi connectivity index (χ3v) is 4.47. The van der Waals surface area contributed by atoms with Crippen LogP contribution < -0.4 is 5.32 Å². The molecule has 16 heavy (non-hydrogen) atoms. The van der Waals surface area contributed by atoms with E-state index in [1.165, 1.54) is 34.6 Å². The number of thioether (sulfide) groups is 1. The molecule has 0 radical (unpaired) electrons. The van der Waals surface area contributed by atoms with Gasteiger partial charge in [0.2, 0.25) is 0 Å². The van der Waals surface area contributed by atoms with Crippen molar-refractivity contribution in [2.24, 2.45) is 0 Å². The number of nitrogens with one attached hydrogen (secondary N) is 1. The van der Waals surface area contributed by atoms with E-state index < -0.39 is 0 Å². The molecule has 1 nitrogen and oxygen atoms in total. The molecule has 0 amide bonds. The minimum absolute atomic E-state index is 0.476. The zero-order chi connectivity index (χ0) is 11.5. The van der Waals surface area contributed by atoms with Crippen molar-refractivity contribution in [3.63, 3.8) is 0 Å². The minimum Gasteiger partial charge on any atom is -0.307 e. The van der Waals surface area contributed by atoms with Crippen LogP contribution in [0.4, 0.5) is 0 Å². The Kier molecular flexibility index (Phi) is 3.93. The molecule has 1 aromatic carbocycles. The Morgan fingerprint density at radius 2 is 2.19 bits per heavy atom. The van der Waals surface area contributed by atoms with Crippen LogP contribution in [-0.2, 0) is 0 Å². The van der Waals surface area contributed by atoms with Gasteiger partial charge in [0.1, 0.15) is 0 Å². The van der Waals surface area contributed by atoms with Gasteiger partial charge in [-0.1, -0.05) is 23.8 Å². The maximum Gasteiger partial charge on any atom is 0.0297 e. The van der Waals surface area contributed by atoms with Crippen LogP contribution in [0.3, 0.4) is 0 Å². The van der Waals surface area contributed by atoms with E-state index in [1.807, 2.05) is 0 Å². The first kappa shape index (κ1) is 12.0. The Morgan fingerprint density at radius 3 is 2.81 bits per heavy atom. The van der Waals surface area contributed by atoms with Crippen molar-refractivity contribution < 1.29 is 0 Å². The van der Waals surface area contributed by atoms with E-state index in [1.54, 1.807) is 0 Å². The van der Waals surface area contributed by atoms with Crippen molar-refractivity contribution in [2.45, 2.75) is 39.3 Å². The minimum atomic E-state index is 0.476. The standard InChI is InChI=1S/C14H21NS/c1-10-4-5-14(11(2)8-10)12(3)15-13-6-7-16-9-13/h4-5,8,12-13,15H,6-7,9H2,1-3H3. The molecule has 2 heteroatoms. The predicted octanol–water partition coefficient (Wildman–Crippen LogP) is 3.46. The van der Waals surface area contributed by atoms with Gasteiger partial charge in [-0.2, -0.15) is 11.8 Å². The first-order chi connectivity index (χ1) is 7.66. The van der Waals surface area contributed by atoms with Crippen molar-refractivity contribution in [1.82, 2.24) is 5.32 Å². The molecule has 0 aliphatic carbocycles. The fourth-order valence-electron chi connectivity index (χ4n) is 2.42. The predicted molar refractivity (Wildman–Crippen MR) is 73.2 cm³/mol. The van der Waals surface area contributed by atoms with E-state index in [2.05, 4.69) is 56.0 Å². The molecule has 0 bridgehead atoms. The van der Waals surface area contributed by atoms with Crippen LogP contribution >= 0.6 is 11.8 Å². The third-order valence-electron chi connectivity index (χ3n) is 3.31. The molecule has 0 spiro atoms. The normalized spacial score (nSPS) is 22.3. The second kappa shape index (κ2) is 5.24. The SMILES string of the molecule is Cc1ccc(C(C)NC2CCSC2)c(C)c1. The highest BCUT2D eigenvalue weighted by atomic mass is 32.2.